The highest BCUT2D eigenvalue weighted by molar-refractivity contribution is 7.89. The first kappa shape index (κ1) is 20.4. The number of rotatable bonds is 7. The van der Waals surface area contributed by atoms with Gasteiger partial charge in [0, 0.05) is 24.3 Å². The third-order valence-corrected chi connectivity index (χ3v) is 6.07. The molecule has 0 radical (unpaired) electrons. The molecule has 0 fully saturated rings. The van der Waals surface area contributed by atoms with Crippen LogP contribution in [0.1, 0.15) is 29.8 Å². The molecule has 0 saturated carbocycles. The fourth-order valence-electron chi connectivity index (χ4n) is 2.59. The van der Waals surface area contributed by atoms with E-state index in [2.05, 4.69) is 5.32 Å². The molecule has 1 amide bonds. The van der Waals surface area contributed by atoms with Gasteiger partial charge in [-0.3, -0.25) is 4.79 Å². The second-order valence-electron chi connectivity index (χ2n) is 5.60. The van der Waals surface area contributed by atoms with Crippen LogP contribution in [-0.2, 0) is 10.0 Å². The van der Waals surface area contributed by atoms with Gasteiger partial charge in [0.2, 0.25) is 10.0 Å². The SMILES string of the molecule is CCN(CC)S(=O)(=O)c1cc(C(=O)Nc2cccc(C#N)c2)ccc1OC. The Morgan fingerprint density at radius 1 is 1.19 bits per heavy atom. The van der Waals surface area contributed by atoms with Crippen LogP contribution in [0.5, 0.6) is 5.75 Å². The van der Waals surface area contributed by atoms with Gasteiger partial charge >= 0.3 is 0 Å². The number of anilines is 1. The number of carbonyl (C=O) groups excluding carboxylic acids is 1. The molecule has 0 atom stereocenters. The lowest BCUT2D eigenvalue weighted by atomic mass is 10.2. The van der Waals surface area contributed by atoms with Gasteiger partial charge in [0.25, 0.3) is 5.91 Å². The molecule has 27 heavy (non-hydrogen) atoms. The van der Waals surface area contributed by atoms with Crippen molar-refractivity contribution in [3.05, 3.63) is 53.6 Å². The van der Waals surface area contributed by atoms with Crippen LogP contribution in [0.4, 0.5) is 5.69 Å². The van der Waals surface area contributed by atoms with Crippen molar-refractivity contribution in [2.24, 2.45) is 0 Å². The van der Waals surface area contributed by atoms with Crippen LogP contribution >= 0.6 is 0 Å². The molecule has 2 aromatic carbocycles. The topological polar surface area (TPSA) is 99.5 Å². The zero-order valence-electron chi connectivity index (χ0n) is 15.4. The molecule has 8 heteroatoms. The number of benzene rings is 2. The quantitative estimate of drug-likeness (QED) is 0.787. The van der Waals surface area contributed by atoms with Crippen molar-refractivity contribution < 1.29 is 17.9 Å². The fourth-order valence-corrected chi connectivity index (χ4v) is 4.23. The standard InChI is InChI=1S/C19H21N3O4S/c1-4-22(5-2)27(24,25)18-12-15(9-10-17(18)26-3)19(23)21-16-8-6-7-14(11-16)13-20/h6-12H,4-5H2,1-3H3,(H,21,23). The predicted molar refractivity (Wildman–Crippen MR) is 102 cm³/mol. The highest BCUT2D eigenvalue weighted by Gasteiger charge is 2.26. The van der Waals surface area contributed by atoms with Crippen LogP contribution in [-0.4, -0.2) is 38.8 Å². The van der Waals surface area contributed by atoms with Gasteiger partial charge in [-0.05, 0) is 36.4 Å². The van der Waals surface area contributed by atoms with Gasteiger partial charge in [-0.15, -0.1) is 0 Å². The summed E-state index contributed by atoms with van der Waals surface area (Å²) in [5.41, 5.74) is 1.03. The molecule has 2 rings (SSSR count). The number of ether oxygens (including phenoxy) is 1. The number of sulfonamides is 1. The molecular weight excluding hydrogens is 366 g/mol. The Hall–Kier alpha value is -2.89. The molecular formula is C19H21N3O4S. The molecule has 0 heterocycles. The molecule has 0 unspecified atom stereocenters. The predicted octanol–water partition coefficient (Wildman–Crippen LogP) is 2.85. The van der Waals surface area contributed by atoms with E-state index in [1.54, 1.807) is 32.0 Å². The Kier molecular flexibility index (Phi) is 6.55. The van der Waals surface area contributed by atoms with Crippen LogP contribution in [0, 0.1) is 11.3 Å². The monoisotopic (exact) mass is 387 g/mol. The Bertz CT molecular complexity index is 977. The van der Waals surface area contributed by atoms with Gasteiger partial charge in [-0.2, -0.15) is 9.57 Å². The smallest absolute Gasteiger partial charge is 0.255 e. The minimum atomic E-state index is -3.80. The maximum Gasteiger partial charge on any atom is 0.255 e. The molecule has 2 aromatic rings. The van der Waals surface area contributed by atoms with Gasteiger partial charge in [-0.25, -0.2) is 8.42 Å². The maximum atomic E-state index is 12.9. The molecule has 7 nitrogen and oxygen atoms in total. The van der Waals surface area contributed by atoms with Crippen molar-refractivity contribution >= 4 is 21.6 Å². The summed E-state index contributed by atoms with van der Waals surface area (Å²) in [6.45, 7) is 4.09. The number of methoxy groups -OCH3 is 1. The summed E-state index contributed by atoms with van der Waals surface area (Å²) >= 11 is 0. The van der Waals surface area contributed by atoms with E-state index in [9.17, 15) is 13.2 Å². The van der Waals surface area contributed by atoms with Crippen LogP contribution in [0.2, 0.25) is 0 Å². The Morgan fingerprint density at radius 2 is 1.89 bits per heavy atom. The average Bonchev–Trinajstić information content (AvgIpc) is 2.68. The fraction of sp³-hybridized carbons (Fsp3) is 0.263. The van der Waals surface area contributed by atoms with E-state index in [4.69, 9.17) is 10.00 Å². The number of nitrogens with zero attached hydrogens (tertiary/aromatic N) is 2. The summed E-state index contributed by atoms with van der Waals surface area (Å²) in [6, 6.07) is 12.7. The van der Waals surface area contributed by atoms with E-state index in [0.717, 1.165) is 0 Å². The van der Waals surface area contributed by atoms with E-state index in [0.29, 0.717) is 24.3 Å². The molecule has 142 valence electrons. The molecule has 0 saturated heterocycles. The van der Waals surface area contributed by atoms with E-state index in [1.807, 2.05) is 6.07 Å². The second kappa shape index (κ2) is 8.66. The summed E-state index contributed by atoms with van der Waals surface area (Å²) in [5.74, 6) is -0.311. The summed E-state index contributed by atoms with van der Waals surface area (Å²) < 4.78 is 32.2. The van der Waals surface area contributed by atoms with E-state index in [1.165, 1.54) is 35.7 Å². The zero-order chi connectivity index (χ0) is 20.0. The molecule has 1 N–H and O–H groups in total. The summed E-state index contributed by atoms with van der Waals surface area (Å²) in [7, 11) is -2.42. The summed E-state index contributed by atoms with van der Waals surface area (Å²) in [5, 5.41) is 11.6. The first-order chi connectivity index (χ1) is 12.9. The highest BCUT2D eigenvalue weighted by atomic mass is 32.2. The molecule has 0 aliphatic carbocycles. The number of hydrogen-bond acceptors (Lipinski definition) is 5. The second-order valence-corrected chi connectivity index (χ2v) is 7.51. The lowest BCUT2D eigenvalue weighted by Gasteiger charge is -2.20. The van der Waals surface area contributed by atoms with Crippen LogP contribution in [0.25, 0.3) is 0 Å². The Balaban J connectivity index is 2.41. The van der Waals surface area contributed by atoms with Crippen molar-refractivity contribution in [2.45, 2.75) is 18.7 Å². The minimum absolute atomic E-state index is 0.0628. The number of hydrogen-bond donors (Lipinski definition) is 1. The lowest BCUT2D eigenvalue weighted by Crippen LogP contribution is -2.31. The van der Waals surface area contributed by atoms with Crippen molar-refractivity contribution in [2.75, 3.05) is 25.5 Å². The van der Waals surface area contributed by atoms with E-state index < -0.39 is 15.9 Å². The Labute approximate surface area is 159 Å². The number of nitriles is 1. The summed E-state index contributed by atoms with van der Waals surface area (Å²) in [6.07, 6.45) is 0. The average molecular weight is 387 g/mol. The van der Waals surface area contributed by atoms with E-state index >= 15 is 0 Å². The van der Waals surface area contributed by atoms with Crippen molar-refractivity contribution in [3.8, 4) is 11.8 Å². The van der Waals surface area contributed by atoms with Gasteiger partial charge in [0.15, 0.2) is 0 Å². The summed E-state index contributed by atoms with van der Waals surface area (Å²) in [4.78, 5) is 12.5. The third kappa shape index (κ3) is 4.45. The van der Waals surface area contributed by atoms with Crippen LogP contribution in [0.15, 0.2) is 47.4 Å². The zero-order valence-corrected chi connectivity index (χ0v) is 16.2. The van der Waals surface area contributed by atoms with Crippen molar-refractivity contribution in [1.29, 1.82) is 5.26 Å². The van der Waals surface area contributed by atoms with Crippen molar-refractivity contribution in [3.63, 3.8) is 0 Å². The molecule has 0 aromatic heterocycles. The first-order valence-corrected chi connectivity index (χ1v) is 9.81. The Morgan fingerprint density at radius 3 is 2.48 bits per heavy atom. The first-order valence-electron chi connectivity index (χ1n) is 8.37. The van der Waals surface area contributed by atoms with Crippen LogP contribution in [0.3, 0.4) is 0 Å². The van der Waals surface area contributed by atoms with Gasteiger partial charge < -0.3 is 10.1 Å². The number of nitrogens with one attached hydrogen (secondary N) is 1. The van der Waals surface area contributed by atoms with Gasteiger partial charge in [-0.1, -0.05) is 19.9 Å². The molecule has 0 bridgehead atoms. The third-order valence-electron chi connectivity index (χ3n) is 4.00. The lowest BCUT2D eigenvalue weighted by molar-refractivity contribution is 0.102. The maximum absolute atomic E-state index is 12.9. The normalized spacial score (nSPS) is 11.1. The van der Waals surface area contributed by atoms with Crippen LogP contribution < -0.4 is 10.1 Å². The van der Waals surface area contributed by atoms with Gasteiger partial charge in [0.1, 0.15) is 10.6 Å². The minimum Gasteiger partial charge on any atom is -0.495 e. The van der Waals surface area contributed by atoms with Gasteiger partial charge in [0.05, 0.1) is 18.7 Å². The highest BCUT2D eigenvalue weighted by Crippen LogP contribution is 2.28. The molecule has 0 spiro atoms. The van der Waals surface area contributed by atoms with Crippen molar-refractivity contribution in [1.82, 2.24) is 4.31 Å². The van der Waals surface area contributed by atoms with E-state index in [-0.39, 0.29) is 16.2 Å². The number of carbonyl (C=O) groups is 1. The largest absolute Gasteiger partial charge is 0.495 e. The number of amides is 1. The molecule has 0 aliphatic heterocycles. The molecule has 0 aliphatic rings.